The van der Waals surface area contributed by atoms with Crippen molar-refractivity contribution < 1.29 is 28.6 Å². The standard InChI is InChI=1S/C71H118O6/c1-4-7-10-13-16-19-21-23-25-27-29-30-31-32-33-34-35-36-37-38-39-40-42-43-45-47-49-52-55-58-61-64-70(73)76-67-68(66-75-69(72)63-60-57-54-51-18-15-12-9-6-3)77-71(74)65-62-59-56-53-50-48-46-44-41-28-26-24-22-20-17-14-11-8-5-2/h7-8,10-11,16-17,19-20,23-26,29-30,32-33,35-36,41,44,68H,4-6,9,12-15,18,21-22,27-28,31,34,37-40,42-43,45-67H2,1-3H3/b10-7-,11-8-,19-16-,20-17-,25-23-,26-24-,30-29-,33-32-,36-35-,44-41-. The van der Waals surface area contributed by atoms with Crippen LogP contribution in [-0.2, 0) is 28.6 Å². The minimum Gasteiger partial charge on any atom is -0.462 e. The maximum atomic E-state index is 12.9. The average molecular weight is 1070 g/mol. The number of unbranched alkanes of at least 4 members (excludes halogenated alkanes) is 26. The van der Waals surface area contributed by atoms with Crippen LogP contribution in [0.25, 0.3) is 0 Å². The molecule has 1 unspecified atom stereocenters. The van der Waals surface area contributed by atoms with Crippen molar-refractivity contribution >= 4 is 17.9 Å². The first-order valence-corrected chi connectivity index (χ1v) is 32.0. The summed E-state index contributed by atoms with van der Waals surface area (Å²) < 4.78 is 16.9. The average Bonchev–Trinajstić information content (AvgIpc) is 3.43. The third-order valence-corrected chi connectivity index (χ3v) is 13.5. The summed E-state index contributed by atoms with van der Waals surface area (Å²) >= 11 is 0. The van der Waals surface area contributed by atoms with Crippen LogP contribution >= 0.6 is 0 Å². The van der Waals surface area contributed by atoms with Crippen molar-refractivity contribution in [2.45, 2.75) is 297 Å². The molecule has 77 heavy (non-hydrogen) atoms. The van der Waals surface area contributed by atoms with E-state index in [1.807, 2.05) is 0 Å². The van der Waals surface area contributed by atoms with E-state index in [2.05, 4.69) is 142 Å². The normalized spacial score (nSPS) is 12.9. The molecule has 0 aliphatic carbocycles. The van der Waals surface area contributed by atoms with Crippen LogP contribution < -0.4 is 0 Å². The molecule has 0 amide bonds. The SMILES string of the molecule is CC/C=C\C/C=C\C/C=C\C/C=C\C/C=C\C/C=C\CCCCCCCCCCCCCCC(=O)OCC(COC(=O)CCCCCCCCCCC)OC(=O)CCCCCCCC/C=C\C/C=C\C/C=C\C/C=C\CC. The Kier molecular flexibility index (Phi) is 60.8. The molecule has 0 rings (SSSR count). The maximum absolute atomic E-state index is 12.9. The number of ether oxygens (including phenoxy) is 3. The molecule has 0 N–H and O–H groups in total. The van der Waals surface area contributed by atoms with E-state index >= 15 is 0 Å². The number of allylic oxidation sites excluding steroid dienone is 20. The molecule has 0 saturated heterocycles. The number of carbonyl (C=O) groups excluding carboxylic acids is 3. The summed E-state index contributed by atoms with van der Waals surface area (Å²) in [5, 5.41) is 0. The Bertz CT molecular complexity index is 1600. The molecule has 6 heteroatoms. The van der Waals surface area contributed by atoms with E-state index in [-0.39, 0.29) is 31.1 Å². The van der Waals surface area contributed by atoms with Crippen molar-refractivity contribution in [3.8, 4) is 0 Å². The summed E-state index contributed by atoms with van der Waals surface area (Å²) in [5.41, 5.74) is 0. The van der Waals surface area contributed by atoms with Gasteiger partial charge in [-0.05, 0) is 109 Å². The van der Waals surface area contributed by atoms with Gasteiger partial charge in [-0.2, -0.15) is 0 Å². The molecule has 0 aliphatic heterocycles. The van der Waals surface area contributed by atoms with Crippen molar-refractivity contribution in [1.82, 2.24) is 0 Å². The summed E-state index contributed by atoms with van der Waals surface area (Å²) in [6, 6.07) is 0. The minimum absolute atomic E-state index is 0.0837. The van der Waals surface area contributed by atoms with Crippen molar-refractivity contribution in [3.05, 3.63) is 122 Å². The van der Waals surface area contributed by atoms with Crippen LogP contribution in [-0.4, -0.2) is 37.2 Å². The number of carbonyl (C=O) groups is 3. The Morgan fingerprint density at radius 2 is 0.506 bits per heavy atom. The monoisotopic (exact) mass is 1070 g/mol. The highest BCUT2D eigenvalue weighted by Crippen LogP contribution is 2.16. The van der Waals surface area contributed by atoms with Crippen LogP contribution in [0.2, 0.25) is 0 Å². The quantitative estimate of drug-likeness (QED) is 0.0261. The Hall–Kier alpha value is -4.19. The summed E-state index contributed by atoms with van der Waals surface area (Å²) in [7, 11) is 0. The third-order valence-electron chi connectivity index (χ3n) is 13.5. The summed E-state index contributed by atoms with van der Waals surface area (Å²) in [6.07, 6.45) is 89.3. The molecule has 0 aromatic heterocycles. The summed E-state index contributed by atoms with van der Waals surface area (Å²) in [4.78, 5) is 38.2. The van der Waals surface area contributed by atoms with Gasteiger partial charge in [0, 0.05) is 19.3 Å². The Labute approximate surface area is 475 Å². The zero-order chi connectivity index (χ0) is 55.7. The molecule has 438 valence electrons. The van der Waals surface area contributed by atoms with Crippen LogP contribution in [0.5, 0.6) is 0 Å². The van der Waals surface area contributed by atoms with Gasteiger partial charge in [-0.15, -0.1) is 0 Å². The van der Waals surface area contributed by atoms with E-state index < -0.39 is 6.10 Å². The highest BCUT2D eigenvalue weighted by molar-refractivity contribution is 5.71. The molecule has 0 fully saturated rings. The van der Waals surface area contributed by atoms with E-state index in [9.17, 15) is 14.4 Å². The maximum Gasteiger partial charge on any atom is 0.306 e. The molecule has 0 bridgehead atoms. The Balaban J connectivity index is 4.20. The first kappa shape index (κ1) is 72.8. The van der Waals surface area contributed by atoms with Crippen molar-refractivity contribution in [2.75, 3.05) is 13.2 Å². The second kappa shape index (κ2) is 64.3. The first-order chi connectivity index (χ1) is 38.0. The Morgan fingerprint density at radius 1 is 0.273 bits per heavy atom. The largest absolute Gasteiger partial charge is 0.462 e. The second-order valence-electron chi connectivity index (χ2n) is 20.9. The predicted molar refractivity (Wildman–Crippen MR) is 334 cm³/mol. The lowest BCUT2D eigenvalue weighted by Gasteiger charge is -2.18. The van der Waals surface area contributed by atoms with Crippen LogP contribution in [0.15, 0.2) is 122 Å². The zero-order valence-corrected chi connectivity index (χ0v) is 50.2. The lowest BCUT2D eigenvalue weighted by Crippen LogP contribution is -2.30. The van der Waals surface area contributed by atoms with E-state index in [4.69, 9.17) is 14.2 Å². The van der Waals surface area contributed by atoms with Gasteiger partial charge in [0.15, 0.2) is 6.10 Å². The van der Waals surface area contributed by atoms with Gasteiger partial charge in [-0.3, -0.25) is 14.4 Å². The van der Waals surface area contributed by atoms with Gasteiger partial charge in [0.05, 0.1) is 0 Å². The van der Waals surface area contributed by atoms with Crippen LogP contribution in [0.4, 0.5) is 0 Å². The van der Waals surface area contributed by atoms with Gasteiger partial charge in [-0.25, -0.2) is 0 Å². The molecule has 1 atom stereocenters. The number of esters is 3. The smallest absolute Gasteiger partial charge is 0.306 e. The fourth-order valence-electron chi connectivity index (χ4n) is 8.73. The minimum atomic E-state index is -0.787. The Morgan fingerprint density at radius 3 is 0.792 bits per heavy atom. The number of rotatable bonds is 57. The number of hydrogen-bond donors (Lipinski definition) is 0. The van der Waals surface area contributed by atoms with Crippen LogP contribution in [0, 0.1) is 0 Å². The summed E-state index contributed by atoms with van der Waals surface area (Å²) in [5.74, 6) is -0.898. The van der Waals surface area contributed by atoms with Gasteiger partial charge >= 0.3 is 17.9 Å². The molecular weight excluding hydrogens is 949 g/mol. The fourth-order valence-corrected chi connectivity index (χ4v) is 8.73. The van der Waals surface area contributed by atoms with Crippen LogP contribution in [0.3, 0.4) is 0 Å². The first-order valence-electron chi connectivity index (χ1n) is 32.0. The van der Waals surface area contributed by atoms with Crippen molar-refractivity contribution in [3.63, 3.8) is 0 Å². The predicted octanol–water partition coefficient (Wildman–Crippen LogP) is 22.0. The zero-order valence-electron chi connectivity index (χ0n) is 50.2. The van der Waals surface area contributed by atoms with E-state index in [1.165, 1.54) is 116 Å². The van der Waals surface area contributed by atoms with E-state index in [0.717, 1.165) is 135 Å². The van der Waals surface area contributed by atoms with E-state index in [0.29, 0.717) is 19.3 Å². The fraction of sp³-hybridized carbons (Fsp3) is 0.676. The van der Waals surface area contributed by atoms with Gasteiger partial charge in [0.2, 0.25) is 0 Å². The topological polar surface area (TPSA) is 78.9 Å². The molecule has 0 heterocycles. The molecule has 0 aromatic carbocycles. The van der Waals surface area contributed by atoms with Crippen molar-refractivity contribution in [2.24, 2.45) is 0 Å². The molecular formula is C71H118O6. The highest BCUT2D eigenvalue weighted by Gasteiger charge is 2.19. The molecule has 0 spiro atoms. The lowest BCUT2D eigenvalue weighted by molar-refractivity contribution is -0.167. The second-order valence-corrected chi connectivity index (χ2v) is 20.9. The van der Waals surface area contributed by atoms with Gasteiger partial charge in [-0.1, -0.05) is 284 Å². The van der Waals surface area contributed by atoms with E-state index in [1.54, 1.807) is 0 Å². The third kappa shape index (κ3) is 62.5. The lowest BCUT2D eigenvalue weighted by atomic mass is 10.0. The summed E-state index contributed by atoms with van der Waals surface area (Å²) in [6.45, 7) is 6.39. The molecule has 0 aliphatic rings. The highest BCUT2D eigenvalue weighted by atomic mass is 16.6. The van der Waals surface area contributed by atoms with Crippen molar-refractivity contribution in [1.29, 1.82) is 0 Å². The number of hydrogen-bond acceptors (Lipinski definition) is 6. The molecule has 0 aromatic rings. The molecule has 0 saturated carbocycles. The molecule has 0 radical (unpaired) electrons. The van der Waals surface area contributed by atoms with Crippen LogP contribution in [0.1, 0.15) is 290 Å². The van der Waals surface area contributed by atoms with Gasteiger partial charge in [0.1, 0.15) is 13.2 Å². The van der Waals surface area contributed by atoms with Gasteiger partial charge < -0.3 is 14.2 Å². The molecule has 6 nitrogen and oxygen atoms in total. The van der Waals surface area contributed by atoms with Gasteiger partial charge in [0.25, 0.3) is 0 Å².